The van der Waals surface area contributed by atoms with Crippen LogP contribution in [-0.4, -0.2) is 13.2 Å². The SMILES string of the molecule is CCCCC1(C)COP(Oc2c(C(C)(C)C)cc(C(C)(C)C)cc2C(C)(C)C)OC1. The van der Waals surface area contributed by atoms with E-state index in [1.54, 1.807) is 0 Å². The molecule has 2 rings (SSSR count). The number of hydrogen-bond acceptors (Lipinski definition) is 3. The first-order chi connectivity index (χ1) is 13.6. The Labute approximate surface area is 187 Å². The van der Waals surface area contributed by atoms with Gasteiger partial charge in [0.25, 0.3) is 0 Å². The Morgan fingerprint density at radius 1 is 0.867 bits per heavy atom. The molecule has 1 aromatic carbocycles. The summed E-state index contributed by atoms with van der Waals surface area (Å²) in [6.45, 7) is 26.3. The van der Waals surface area contributed by atoms with Crippen LogP contribution in [0.2, 0.25) is 0 Å². The van der Waals surface area contributed by atoms with E-state index in [1.165, 1.54) is 29.5 Å². The molecule has 1 aliphatic rings. The van der Waals surface area contributed by atoms with Crippen LogP contribution in [0.25, 0.3) is 0 Å². The van der Waals surface area contributed by atoms with Crippen molar-refractivity contribution in [2.45, 2.75) is 112 Å². The van der Waals surface area contributed by atoms with Crippen molar-refractivity contribution in [2.24, 2.45) is 5.41 Å². The zero-order chi connectivity index (χ0) is 23.0. The summed E-state index contributed by atoms with van der Waals surface area (Å²) in [6, 6.07) is 4.66. The average Bonchev–Trinajstić information content (AvgIpc) is 2.59. The van der Waals surface area contributed by atoms with E-state index >= 15 is 0 Å². The van der Waals surface area contributed by atoms with Crippen molar-refractivity contribution in [1.29, 1.82) is 0 Å². The van der Waals surface area contributed by atoms with E-state index in [1.807, 2.05) is 0 Å². The maximum absolute atomic E-state index is 6.56. The molecular weight excluding hydrogens is 391 g/mol. The van der Waals surface area contributed by atoms with Crippen LogP contribution in [0.1, 0.15) is 112 Å². The predicted octanol–water partition coefficient (Wildman–Crippen LogP) is 8.43. The monoisotopic (exact) mass is 436 g/mol. The van der Waals surface area contributed by atoms with Gasteiger partial charge in [0.05, 0.1) is 13.2 Å². The molecular formula is C26H45O3P. The van der Waals surface area contributed by atoms with Crippen LogP contribution in [0, 0.1) is 5.41 Å². The summed E-state index contributed by atoms with van der Waals surface area (Å²) in [5.74, 6) is 0.950. The van der Waals surface area contributed by atoms with E-state index in [4.69, 9.17) is 13.6 Å². The van der Waals surface area contributed by atoms with Crippen LogP contribution in [0.3, 0.4) is 0 Å². The molecule has 1 fully saturated rings. The summed E-state index contributed by atoms with van der Waals surface area (Å²) < 4.78 is 18.9. The molecule has 0 unspecified atom stereocenters. The van der Waals surface area contributed by atoms with Gasteiger partial charge in [-0.1, -0.05) is 101 Å². The Bertz CT molecular complexity index is 676. The fraction of sp³-hybridized carbons (Fsp3) is 0.769. The lowest BCUT2D eigenvalue weighted by molar-refractivity contribution is 0.0231. The normalized spacial score (nSPS) is 23.5. The van der Waals surface area contributed by atoms with Crippen LogP contribution >= 0.6 is 8.60 Å². The molecule has 1 heterocycles. The fourth-order valence-electron chi connectivity index (χ4n) is 3.65. The lowest BCUT2D eigenvalue weighted by Crippen LogP contribution is -2.32. The van der Waals surface area contributed by atoms with E-state index < -0.39 is 8.60 Å². The van der Waals surface area contributed by atoms with Crippen molar-refractivity contribution < 1.29 is 13.6 Å². The number of hydrogen-bond donors (Lipinski definition) is 0. The fourth-order valence-corrected chi connectivity index (χ4v) is 5.01. The highest BCUT2D eigenvalue weighted by atomic mass is 31.2. The molecule has 0 radical (unpaired) electrons. The molecule has 30 heavy (non-hydrogen) atoms. The van der Waals surface area contributed by atoms with Crippen LogP contribution in [-0.2, 0) is 25.3 Å². The maximum Gasteiger partial charge on any atom is 0.397 e. The van der Waals surface area contributed by atoms with Crippen molar-refractivity contribution in [2.75, 3.05) is 13.2 Å². The Morgan fingerprint density at radius 3 is 1.70 bits per heavy atom. The summed E-state index contributed by atoms with van der Waals surface area (Å²) >= 11 is 0. The third kappa shape index (κ3) is 6.44. The zero-order valence-corrected chi connectivity index (χ0v) is 22.3. The summed E-state index contributed by atoms with van der Waals surface area (Å²) in [5, 5.41) is 0. The molecule has 0 atom stereocenters. The standard InChI is InChI=1S/C26H45O3P/c1-12-13-14-26(11)17-27-30(28-18-26)29-22-20(24(5,6)7)15-19(23(2,3)4)16-21(22)25(8,9)10/h15-16H,12-14,17-18H2,1-11H3. The first kappa shape index (κ1) is 25.6. The quantitative estimate of drug-likeness (QED) is 0.433. The van der Waals surface area contributed by atoms with Gasteiger partial charge in [-0.25, -0.2) is 0 Å². The van der Waals surface area contributed by atoms with E-state index in [0.29, 0.717) is 13.2 Å². The predicted molar refractivity (Wildman–Crippen MR) is 130 cm³/mol. The second-order valence-corrected chi connectivity index (χ2v) is 13.6. The molecule has 4 heteroatoms. The minimum atomic E-state index is -1.39. The lowest BCUT2D eigenvalue weighted by atomic mass is 9.75. The molecule has 0 saturated carbocycles. The zero-order valence-electron chi connectivity index (χ0n) is 21.4. The molecule has 0 bridgehead atoms. The highest BCUT2D eigenvalue weighted by molar-refractivity contribution is 7.42. The van der Waals surface area contributed by atoms with E-state index in [9.17, 15) is 0 Å². The third-order valence-electron chi connectivity index (χ3n) is 5.91. The molecule has 0 aromatic heterocycles. The smallest absolute Gasteiger partial charge is 0.397 e. The van der Waals surface area contributed by atoms with Crippen molar-refractivity contribution in [1.82, 2.24) is 0 Å². The van der Waals surface area contributed by atoms with E-state index in [-0.39, 0.29) is 21.7 Å². The van der Waals surface area contributed by atoms with Crippen molar-refractivity contribution in [3.8, 4) is 5.75 Å². The van der Waals surface area contributed by atoms with Crippen LogP contribution in [0.15, 0.2) is 12.1 Å². The first-order valence-electron chi connectivity index (χ1n) is 11.5. The number of rotatable bonds is 5. The van der Waals surface area contributed by atoms with E-state index in [2.05, 4.69) is 88.3 Å². The average molecular weight is 437 g/mol. The Balaban J connectivity index is 2.42. The first-order valence-corrected chi connectivity index (χ1v) is 12.6. The van der Waals surface area contributed by atoms with Crippen molar-refractivity contribution >= 4 is 8.60 Å². The largest absolute Gasteiger partial charge is 0.426 e. The molecule has 0 aliphatic carbocycles. The third-order valence-corrected chi connectivity index (χ3v) is 6.92. The van der Waals surface area contributed by atoms with Gasteiger partial charge < -0.3 is 13.6 Å². The molecule has 0 amide bonds. The van der Waals surface area contributed by atoms with Gasteiger partial charge in [0.2, 0.25) is 0 Å². The highest BCUT2D eigenvalue weighted by Crippen LogP contribution is 2.52. The Hall–Kier alpha value is -0.630. The molecule has 1 aliphatic heterocycles. The summed E-state index contributed by atoms with van der Waals surface area (Å²) in [6.07, 6.45) is 3.54. The van der Waals surface area contributed by atoms with Gasteiger partial charge in [0.1, 0.15) is 5.75 Å². The van der Waals surface area contributed by atoms with Crippen molar-refractivity contribution in [3.63, 3.8) is 0 Å². The number of benzene rings is 1. The Morgan fingerprint density at radius 2 is 1.33 bits per heavy atom. The topological polar surface area (TPSA) is 27.7 Å². The van der Waals surface area contributed by atoms with Crippen molar-refractivity contribution in [3.05, 3.63) is 28.8 Å². The second kappa shape index (κ2) is 9.08. The van der Waals surface area contributed by atoms with Gasteiger partial charge >= 0.3 is 8.60 Å². The second-order valence-electron chi connectivity index (χ2n) is 12.4. The number of unbranched alkanes of at least 4 members (excludes halogenated alkanes) is 1. The molecule has 172 valence electrons. The van der Waals surface area contributed by atoms with Crippen LogP contribution in [0.5, 0.6) is 5.75 Å². The maximum atomic E-state index is 6.56. The minimum Gasteiger partial charge on any atom is -0.426 e. The van der Waals surface area contributed by atoms with Gasteiger partial charge in [0.15, 0.2) is 0 Å². The Kier molecular flexibility index (Phi) is 7.76. The lowest BCUT2D eigenvalue weighted by Gasteiger charge is -2.38. The molecule has 3 nitrogen and oxygen atoms in total. The summed E-state index contributed by atoms with van der Waals surface area (Å²) in [4.78, 5) is 0. The van der Waals surface area contributed by atoms with E-state index in [0.717, 1.165) is 12.2 Å². The minimum absolute atomic E-state index is 0.0443. The van der Waals surface area contributed by atoms with Crippen LogP contribution in [0.4, 0.5) is 0 Å². The van der Waals surface area contributed by atoms with Gasteiger partial charge in [-0.2, -0.15) is 0 Å². The van der Waals surface area contributed by atoms with Gasteiger partial charge in [-0.3, -0.25) is 0 Å². The molecule has 0 N–H and O–H groups in total. The van der Waals surface area contributed by atoms with Gasteiger partial charge in [-0.05, 0) is 28.2 Å². The molecule has 1 aromatic rings. The summed E-state index contributed by atoms with van der Waals surface area (Å²) in [5.41, 5.74) is 3.88. The molecule has 0 spiro atoms. The van der Waals surface area contributed by atoms with Gasteiger partial charge in [-0.15, -0.1) is 0 Å². The van der Waals surface area contributed by atoms with Gasteiger partial charge in [0, 0.05) is 16.5 Å². The summed E-state index contributed by atoms with van der Waals surface area (Å²) in [7, 11) is -1.39. The van der Waals surface area contributed by atoms with Crippen LogP contribution < -0.4 is 4.52 Å². The highest BCUT2D eigenvalue weighted by Gasteiger charge is 2.37. The molecule has 1 saturated heterocycles.